The molecule has 0 aliphatic heterocycles. The molecule has 16 heavy (non-hydrogen) atoms. The molecule has 0 radical (unpaired) electrons. The van der Waals surface area contributed by atoms with Crippen molar-refractivity contribution in [3.63, 3.8) is 0 Å². The molecule has 3 heteroatoms. The Morgan fingerprint density at radius 1 is 0.938 bits per heavy atom. The third-order valence-corrected chi connectivity index (χ3v) is 3.46. The fraction of sp³-hybridized carbons (Fsp3) is 0.0769. The first kappa shape index (κ1) is 9.60. The van der Waals surface area contributed by atoms with E-state index in [0.717, 1.165) is 16.4 Å². The predicted molar refractivity (Wildman–Crippen MR) is 68.8 cm³/mol. The highest BCUT2D eigenvalue weighted by Crippen LogP contribution is 2.28. The molecule has 0 saturated heterocycles. The number of thioether (sulfide) groups is 1. The maximum atomic E-state index is 4.44. The molecule has 0 atom stereocenters. The van der Waals surface area contributed by atoms with E-state index in [1.165, 1.54) is 10.3 Å². The minimum absolute atomic E-state index is 0.982. The largest absolute Gasteiger partial charge is 0.254 e. The number of hydrogen-bond donors (Lipinski definition) is 0. The second kappa shape index (κ2) is 3.76. The van der Waals surface area contributed by atoms with Crippen molar-refractivity contribution in [1.29, 1.82) is 0 Å². The van der Waals surface area contributed by atoms with E-state index in [9.17, 15) is 0 Å². The van der Waals surface area contributed by atoms with Gasteiger partial charge in [-0.15, -0.1) is 11.8 Å². The molecule has 0 amide bonds. The zero-order chi connectivity index (χ0) is 11.0. The van der Waals surface area contributed by atoms with Gasteiger partial charge in [0.15, 0.2) is 0 Å². The zero-order valence-corrected chi connectivity index (χ0v) is 9.66. The molecule has 78 valence electrons. The quantitative estimate of drug-likeness (QED) is 0.469. The number of rotatable bonds is 1. The molecule has 2 heterocycles. The maximum Gasteiger partial charge on any atom is 0.0975 e. The summed E-state index contributed by atoms with van der Waals surface area (Å²) >= 11 is 1.74. The molecule has 0 fully saturated rings. The van der Waals surface area contributed by atoms with E-state index in [0.29, 0.717) is 0 Å². The normalized spacial score (nSPS) is 11.1. The van der Waals surface area contributed by atoms with Crippen molar-refractivity contribution in [2.75, 3.05) is 6.26 Å². The van der Waals surface area contributed by atoms with Crippen LogP contribution in [0, 0.1) is 0 Å². The summed E-state index contributed by atoms with van der Waals surface area (Å²) in [7, 11) is 0. The Bertz CT molecular complexity index is 664. The molecule has 1 aromatic carbocycles. The van der Waals surface area contributed by atoms with Gasteiger partial charge in [-0.05, 0) is 18.4 Å². The summed E-state index contributed by atoms with van der Waals surface area (Å²) in [6.45, 7) is 0. The van der Waals surface area contributed by atoms with Crippen LogP contribution in [-0.2, 0) is 0 Å². The van der Waals surface area contributed by atoms with Crippen molar-refractivity contribution in [2.24, 2.45) is 0 Å². The van der Waals surface area contributed by atoms with Crippen molar-refractivity contribution in [3.8, 4) is 0 Å². The number of hydrogen-bond acceptors (Lipinski definition) is 3. The highest BCUT2D eigenvalue weighted by atomic mass is 32.2. The fourth-order valence-corrected chi connectivity index (χ4v) is 2.49. The van der Waals surface area contributed by atoms with Crippen LogP contribution in [0.3, 0.4) is 0 Å². The predicted octanol–water partition coefficient (Wildman–Crippen LogP) is 3.50. The SMILES string of the molecule is CSc1ccnc2c1ccc1cccnc12. The second-order valence-corrected chi connectivity index (χ2v) is 4.40. The van der Waals surface area contributed by atoms with Gasteiger partial charge in [-0.3, -0.25) is 9.97 Å². The van der Waals surface area contributed by atoms with E-state index in [-0.39, 0.29) is 0 Å². The van der Waals surface area contributed by atoms with E-state index in [4.69, 9.17) is 0 Å². The Morgan fingerprint density at radius 3 is 2.69 bits per heavy atom. The summed E-state index contributed by atoms with van der Waals surface area (Å²) < 4.78 is 0. The van der Waals surface area contributed by atoms with Gasteiger partial charge in [0.05, 0.1) is 11.0 Å². The number of nitrogens with zero attached hydrogens (tertiary/aromatic N) is 2. The van der Waals surface area contributed by atoms with E-state index in [1.807, 2.05) is 24.5 Å². The van der Waals surface area contributed by atoms with Crippen LogP contribution in [0.25, 0.3) is 21.8 Å². The third-order valence-electron chi connectivity index (χ3n) is 2.66. The lowest BCUT2D eigenvalue weighted by Crippen LogP contribution is -1.85. The molecule has 3 rings (SSSR count). The van der Waals surface area contributed by atoms with Crippen molar-refractivity contribution < 1.29 is 0 Å². The van der Waals surface area contributed by atoms with Crippen LogP contribution in [0.2, 0.25) is 0 Å². The fourth-order valence-electron chi connectivity index (χ4n) is 1.91. The number of fused-ring (bicyclic) bond motifs is 3. The van der Waals surface area contributed by atoms with Crippen molar-refractivity contribution >= 4 is 33.6 Å². The Labute approximate surface area is 97.7 Å². The van der Waals surface area contributed by atoms with E-state index < -0.39 is 0 Å². The minimum atomic E-state index is 0.982. The molecule has 3 aromatic rings. The molecule has 0 N–H and O–H groups in total. The lowest BCUT2D eigenvalue weighted by atomic mass is 10.1. The lowest BCUT2D eigenvalue weighted by Gasteiger charge is -2.05. The topological polar surface area (TPSA) is 25.8 Å². The standard InChI is InChI=1S/C13H10N2S/c1-16-11-6-8-15-13-10(11)5-4-9-3-2-7-14-12(9)13/h2-8H,1H3. The van der Waals surface area contributed by atoms with Crippen molar-refractivity contribution in [1.82, 2.24) is 9.97 Å². The van der Waals surface area contributed by atoms with Gasteiger partial charge in [0.2, 0.25) is 0 Å². The average molecular weight is 226 g/mol. The second-order valence-electron chi connectivity index (χ2n) is 3.55. The average Bonchev–Trinajstić information content (AvgIpc) is 2.37. The first-order chi connectivity index (χ1) is 7.90. The summed E-state index contributed by atoms with van der Waals surface area (Å²) in [5.74, 6) is 0. The molecule has 0 spiro atoms. The van der Waals surface area contributed by atoms with Crippen LogP contribution in [-0.4, -0.2) is 16.2 Å². The lowest BCUT2D eigenvalue weighted by molar-refractivity contribution is 1.34. The summed E-state index contributed by atoms with van der Waals surface area (Å²) in [6, 6.07) is 10.3. The summed E-state index contributed by atoms with van der Waals surface area (Å²) in [5.41, 5.74) is 1.97. The molecule has 2 nitrogen and oxygen atoms in total. The monoisotopic (exact) mass is 226 g/mol. The molecule has 0 saturated carbocycles. The van der Waals surface area contributed by atoms with Crippen LogP contribution in [0.4, 0.5) is 0 Å². The van der Waals surface area contributed by atoms with Gasteiger partial charge in [0, 0.05) is 28.1 Å². The molecule has 2 aromatic heterocycles. The van der Waals surface area contributed by atoms with Gasteiger partial charge in [-0.1, -0.05) is 18.2 Å². The molecule has 0 bridgehead atoms. The van der Waals surface area contributed by atoms with E-state index in [2.05, 4.69) is 34.4 Å². The minimum Gasteiger partial charge on any atom is -0.254 e. The van der Waals surface area contributed by atoms with Gasteiger partial charge in [-0.25, -0.2) is 0 Å². The van der Waals surface area contributed by atoms with E-state index in [1.54, 1.807) is 11.8 Å². The molecule has 0 aliphatic carbocycles. The van der Waals surface area contributed by atoms with Gasteiger partial charge < -0.3 is 0 Å². The van der Waals surface area contributed by atoms with Crippen molar-refractivity contribution in [2.45, 2.75) is 4.90 Å². The van der Waals surface area contributed by atoms with Gasteiger partial charge >= 0.3 is 0 Å². The van der Waals surface area contributed by atoms with Crippen LogP contribution in [0.1, 0.15) is 0 Å². The molecular weight excluding hydrogens is 216 g/mol. The van der Waals surface area contributed by atoms with Crippen LogP contribution < -0.4 is 0 Å². The van der Waals surface area contributed by atoms with Gasteiger partial charge in [0.25, 0.3) is 0 Å². The highest BCUT2D eigenvalue weighted by Gasteiger charge is 2.05. The number of pyridine rings is 2. The van der Waals surface area contributed by atoms with Crippen LogP contribution in [0.5, 0.6) is 0 Å². The maximum absolute atomic E-state index is 4.44. The first-order valence-corrected chi connectivity index (χ1v) is 6.29. The van der Waals surface area contributed by atoms with Crippen molar-refractivity contribution in [3.05, 3.63) is 42.7 Å². The Morgan fingerprint density at radius 2 is 1.81 bits per heavy atom. The molecule has 0 aliphatic rings. The summed E-state index contributed by atoms with van der Waals surface area (Å²) in [6.07, 6.45) is 5.74. The smallest absolute Gasteiger partial charge is 0.0975 e. The summed E-state index contributed by atoms with van der Waals surface area (Å²) in [4.78, 5) is 10.1. The third kappa shape index (κ3) is 1.36. The summed E-state index contributed by atoms with van der Waals surface area (Å²) in [5, 5.41) is 2.32. The Kier molecular flexibility index (Phi) is 2.26. The molecular formula is C13H10N2S. The first-order valence-electron chi connectivity index (χ1n) is 5.06. The molecule has 0 unspecified atom stereocenters. The Balaban J connectivity index is 2.52. The zero-order valence-electron chi connectivity index (χ0n) is 8.84. The highest BCUT2D eigenvalue weighted by molar-refractivity contribution is 7.98. The van der Waals surface area contributed by atoms with Crippen LogP contribution >= 0.6 is 11.8 Å². The van der Waals surface area contributed by atoms with Crippen LogP contribution in [0.15, 0.2) is 47.6 Å². The van der Waals surface area contributed by atoms with E-state index >= 15 is 0 Å². The number of benzene rings is 1. The number of aromatic nitrogens is 2. The van der Waals surface area contributed by atoms with Gasteiger partial charge in [0.1, 0.15) is 0 Å². The van der Waals surface area contributed by atoms with Gasteiger partial charge in [-0.2, -0.15) is 0 Å². The Hall–Kier alpha value is -1.61.